The van der Waals surface area contributed by atoms with E-state index in [2.05, 4.69) is 26.0 Å². The number of para-hydroxylation sites is 1. The van der Waals surface area contributed by atoms with Gasteiger partial charge < -0.3 is 4.74 Å². The maximum atomic E-state index is 13.2. The first-order valence-corrected chi connectivity index (χ1v) is 13.3. The van der Waals surface area contributed by atoms with Gasteiger partial charge in [-0.15, -0.1) is 5.10 Å². The summed E-state index contributed by atoms with van der Waals surface area (Å²) in [6.07, 6.45) is 7.49. The van der Waals surface area contributed by atoms with E-state index in [1.54, 1.807) is 13.2 Å². The summed E-state index contributed by atoms with van der Waals surface area (Å²) in [7, 11) is 1.63. The SMILES string of the molecule is COc1ccc(/C=C/c2nc3s/c(=C\c4cn(-c5ccccc5)nc4-c4ccc(Br)cc4)c(=O)n3n2)cc1. The van der Waals surface area contributed by atoms with Crippen LogP contribution in [0.3, 0.4) is 0 Å². The van der Waals surface area contributed by atoms with E-state index < -0.39 is 0 Å². The molecule has 0 saturated heterocycles. The summed E-state index contributed by atoms with van der Waals surface area (Å²) in [5.74, 6) is 1.27. The first-order chi connectivity index (χ1) is 18.6. The van der Waals surface area contributed by atoms with Crippen molar-refractivity contribution >= 4 is 50.5 Å². The van der Waals surface area contributed by atoms with E-state index in [0.29, 0.717) is 15.3 Å². The Morgan fingerprint density at radius 2 is 1.68 bits per heavy atom. The molecular formula is C29H20BrN5O2S. The molecule has 0 fully saturated rings. The number of fused-ring (bicyclic) bond motifs is 1. The topological polar surface area (TPSA) is 74.3 Å². The van der Waals surface area contributed by atoms with Crippen LogP contribution < -0.4 is 14.8 Å². The average molecular weight is 582 g/mol. The fourth-order valence-electron chi connectivity index (χ4n) is 3.98. The number of hydrogen-bond acceptors (Lipinski definition) is 6. The van der Waals surface area contributed by atoms with Gasteiger partial charge in [0, 0.05) is 21.8 Å². The third kappa shape index (κ3) is 4.81. The van der Waals surface area contributed by atoms with Crippen molar-refractivity contribution in [2.75, 3.05) is 7.11 Å². The largest absolute Gasteiger partial charge is 0.497 e. The molecule has 0 aliphatic rings. The van der Waals surface area contributed by atoms with E-state index in [4.69, 9.17) is 9.84 Å². The summed E-state index contributed by atoms with van der Waals surface area (Å²) in [6, 6.07) is 25.5. The van der Waals surface area contributed by atoms with E-state index in [1.165, 1.54) is 15.9 Å². The van der Waals surface area contributed by atoms with Gasteiger partial charge in [0.05, 0.1) is 23.0 Å². The molecule has 0 bridgehead atoms. The number of ether oxygens (including phenoxy) is 1. The molecule has 0 N–H and O–H groups in total. The van der Waals surface area contributed by atoms with Crippen molar-refractivity contribution in [2.24, 2.45) is 0 Å². The molecule has 0 unspecified atom stereocenters. The summed E-state index contributed by atoms with van der Waals surface area (Å²) in [4.78, 5) is 18.3. The van der Waals surface area contributed by atoms with Crippen LogP contribution in [0, 0.1) is 0 Å². The summed E-state index contributed by atoms with van der Waals surface area (Å²) in [5.41, 5.74) is 4.27. The molecule has 0 saturated carbocycles. The normalized spacial score (nSPS) is 12.1. The molecule has 0 aliphatic carbocycles. The monoisotopic (exact) mass is 581 g/mol. The Balaban J connectivity index is 1.38. The highest BCUT2D eigenvalue weighted by molar-refractivity contribution is 9.10. The van der Waals surface area contributed by atoms with Crippen molar-refractivity contribution in [3.05, 3.63) is 121 Å². The molecule has 0 amide bonds. The molecule has 186 valence electrons. The minimum Gasteiger partial charge on any atom is -0.497 e. The van der Waals surface area contributed by atoms with Crippen molar-refractivity contribution in [2.45, 2.75) is 0 Å². The van der Waals surface area contributed by atoms with Gasteiger partial charge in [-0.3, -0.25) is 4.79 Å². The first-order valence-electron chi connectivity index (χ1n) is 11.7. The molecule has 0 spiro atoms. The van der Waals surface area contributed by atoms with Gasteiger partial charge in [-0.1, -0.05) is 75.8 Å². The van der Waals surface area contributed by atoms with Crippen LogP contribution in [0.4, 0.5) is 0 Å². The highest BCUT2D eigenvalue weighted by Crippen LogP contribution is 2.26. The van der Waals surface area contributed by atoms with Crippen LogP contribution in [0.1, 0.15) is 17.0 Å². The van der Waals surface area contributed by atoms with E-state index in [1.807, 2.05) is 102 Å². The molecule has 6 rings (SSSR count). The van der Waals surface area contributed by atoms with E-state index in [0.717, 1.165) is 38.3 Å². The lowest BCUT2D eigenvalue weighted by Crippen LogP contribution is -2.23. The molecule has 0 radical (unpaired) electrons. The number of thiazole rings is 1. The van der Waals surface area contributed by atoms with E-state index >= 15 is 0 Å². The third-order valence-corrected chi connectivity index (χ3v) is 7.39. The fourth-order valence-corrected chi connectivity index (χ4v) is 5.15. The second kappa shape index (κ2) is 10.2. The maximum absolute atomic E-state index is 13.2. The van der Waals surface area contributed by atoms with Gasteiger partial charge in [-0.2, -0.15) is 14.6 Å². The van der Waals surface area contributed by atoms with Crippen molar-refractivity contribution in [1.29, 1.82) is 0 Å². The summed E-state index contributed by atoms with van der Waals surface area (Å²) in [6.45, 7) is 0. The quantitative estimate of drug-likeness (QED) is 0.260. The van der Waals surface area contributed by atoms with Crippen molar-refractivity contribution in [3.8, 4) is 22.7 Å². The van der Waals surface area contributed by atoms with E-state index in [-0.39, 0.29) is 5.56 Å². The molecule has 38 heavy (non-hydrogen) atoms. The minimum atomic E-state index is -0.212. The number of hydrogen-bond donors (Lipinski definition) is 0. The van der Waals surface area contributed by atoms with Gasteiger partial charge in [0.25, 0.3) is 5.56 Å². The molecule has 3 heterocycles. The van der Waals surface area contributed by atoms with Crippen molar-refractivity contribution < 1.29 is 4.74 Å². The zero-order valence-corrected chi connectivity index (χ0v) is 22.6. The lowest BCUT2D eigenvalue weighted by Gasteiger charge is -2.00. The second-order valence-electron chi connectivity index (χ2n) is 8.41. The number of aromatic nitrogens is 5. The Morgan fingerprint density at radius 3 is 2.39 bits per heavy atom. The first kappa shape index (κ1) is 24.0. The Bertz CT molecular complexity index is 1870. The maximum Gasteiger partial charge on any atom is 0.291 e. The van der Waals surface area contributed by atoms with Gasteiger partial charge in [0.2, 0.25) is 4.96 Å². The third-order valence-electron chi connectivity index (χ3n) is 5.91. The van der Waals surface area contributed by atoms with Crippen LogP contribution in [-0.4, -0.2) is 31.5 Å². The van der Waals surface area contributed by atoms with Gasteiger partial charge in [-0.05, 0) is 54.1 Å². The summed E-state index contributed by atoms with van der Waals surface area (Å²) in [5, 5.41) is 9.26. The van der Waals surface area contributed by atoms with Crippen molar-refractivity contribution in [3.63, 3.8) is 0 Å². The Labute approximate surface area is 230 Å². The second-order valence-corrected chi connectivity index (χ2v) is 10.3. The lowest BCUT2D eigenvalue weighted by atomic mass is 10.1. The van der Waals surface area contributed by atoms with Crippen LogP contribution in [0.15, 0.2) is 94.3 Å². The molecule has 9 heteroatoms. The average Bonchev–Trinajstić information content (AvgIpc) is 3.63. The fraction of sp³-hybridized carbons (Fsp3) is 0.0345. The number of halogens is 1. The Morgan fingerprint density at radius 1 is 0.921 bits per heavy atom. The zero-order valence-electron chi connectivity index (χ0n) is 20.2. The minimum absolute atomic E-state index is 0.212. The number of rotatable bonds is 6. The number of methoxy groups -OCH3 is 1. The molecule has 0 atom stereocenters. The molecule has 0 aliphatic heterocycles. The number of nitrogens with zero attached hydrogens (tertiary/aromatic N) is 5. The van der Waals surface area contributed by atoms with Crippen LogP contribution in [0.5, 0.6) is 5.75 Å². The molecule has 6 aromatic rings. The Hall–Kier alpha value is -4.34. The van der Waals surface area contributed by atoms with Gasteiger partial charge in [-0.25, -0.2) is 4.68 Å². The van der Waals surface area contributed by atoms with Gasteiger partial charge in [0.1, 0.15) is 5.75 Å². The summed E-state index contributed by atoms with van der Waals surface area (Å²) >= 11 is 4.80. The van der Waals surface area contributed by atoms with Crippen LogP contribution in [0.2, 0.25) is 0 Å². The van der Waals surface area contributed by atoms with Crippen LogP contribution >= 0.6 is 27.3 Å². The van der Waals surface area contributed by atoms with Crippen LogP contribution in [0.25, 0.3) is 40.1 Å². The predicted octanol–water partition coefficient (Wildman–Crippen LogP) is 5.49. The van der Waals surface area contributed by atoms with Crippen LogP contribution in [-0.2, 0) is 0 Å². The molecular weight excluding hydrogens is 562 g/mol. The smallest absolute Gasteiger partial charge is 0.291 e. The highest BCUT2D eigenvalue weighted by Gasteiger charge is 2.14. The lowest BCUT2D eigenvalue weighted by molar-refractivity contribution is 0.415. The zero-order chi connectivity index (χ0) is 26.1. The highest BCUT2D eigenvalue weighted by atomic mass is 79.9. The predicted molar refractivity (Wildman–Crippen MR) is 155 cm³/mol. The number of benzene rings is 3. The van der Waals surface area contributed by atoms with Gasteiger partial charge in [0.15, 0.2) is 5.82 Å². The standard InChI is InChI=1S/C29H20BrN5O2S/c1-37-24-14-7-19(8-15-24)9-16-26-31-29-35(32-26)28(36)25(38-29)17-21-18-34(23-5-3-2-4-6-23)33-27(21)20-10-12-22(30)13-11-20/h2-18H,1H3/b16-9+,25-17-. The van der Waals surface area contributed by atoms with Crippen molar-refractivity contribution in [1.82, 2.24) is 24.4 Å². The molecule has 3 aromatic carbocycles. The Kier molecular flexibility index (Phi) is 6.45. The molecule has 7 nitrogen and oxygen atoms in total. The van der Waals surface area contributed by atoms with Gasteiger partial charge >= 0.3 is 0 Å². The molecule has 3 aromatic heterocycles. The summed E-state index contributed by atoms with van der Waals surface area (Å²) < 4.78 is 9.90. The van der Waals surface area contributed by atoms with E-state index in [9.17, 15) is 4.79 Å².